The molecule has 0 spiro atoms. The van der Waals surface area contributed by atoms with Gasteiger partial charge in [-0.1, -0.05) is 6.42 Å². The molecule has 3 aliphatic carbocycles. The average Bonchev–Trinajstić information content (AvgIpc) is 3.00. The lowest BCUT2D eigenvalue weighted by molar-refractivity contribution is 0.208. The molecule has 0 radical (unpaired) electrons. The number of terminal acetylenes is 1. The number of hydrogen-bond acceptors (Lipinski definition) is 1. The summed E-state index contributed by atoms with van der Waals surface area (Å²) in [5, 5.41) is 3.82. The van der Waals surface area contributed by atoms with Crippen LogP contribution in [0.4, 0.5) is 0 Å². The minimum Gasteiger partial charge on any atom is -0.314 e. The van der Waals surface area contributed by atoms with Gasteiger partial charge in [-0.15, -0.1) is 12.3 Å². The summed E-state index contributed by atoms with van der Waals surface area (Å²) in [5.41, 5.74) is 0. The Morgan fingerprint density at radius 1 is 1.06 bits per heavy atom. The predicted octanol–water partition coefficient (Wildman–Crippen LogP) is 3.20. The molecule has 0 saturated heterocycles. The van der Waals surface area contributed by atoms with Crippen LogP contribution in [0.2, 0.25) is 0 Å². The summed E-state index contributed by atoms with van der Waals surface area (Å²) in [4.78, 5) is 0. The SMILES string of the molecule is C#CCCCCNC1CC2CC1C1CCCC21. The fourth-order valence-corrected chi connectivity index (χ4v) is 4.94. The molecule has 3 fully saturated rings. The first-order chi connectivity index (χ1) is 8.40. The maximum Gasteiger partial charge on any atom is 0.0101 e. The lowest BCUT2D eigenvalue weighted by Crippen LogP contribution is -2.39. The fourth-order valence-electron chi connectivity index (χ4n) is 4.94. The number of hydrogen-bond donors (Lipinski definition) is 1. The van der Waals surface area contributed by atoms with Crippen molar-refractivity contribution in [3.8, 4) is 12.3 Å². The molecule has 0 aromatic carbocycles. The average molecular weight is 231 g/mol. The van der Waals surface area contributed by atoms with E-state index in [4.69, 9.17) is 6.42 Å². The molecular formula is C16H25N. The Balaban J connectivity index is 1.43. The molecule has 3 saturated carbocycles. The van der Waals surface area contributed by atoms with Gasteiger partial charge in [0.1, 0.15) is 0 Å². The summed E-state index contributed by atoms with van der Waals surface area (Å²) in [6.07, 6.45) is 16.3. The molecule has 0 amide bonds. The van der Waals surface area contributed by atoms with E-state index in [0.29, 0.717) is 0 Å². The quantitative estimate of drug-likeness (QED) is 0.566. The normalized spacial score (nSPS) is 42.6. The van der Waals surface area contributed by atoms with Crippen LogP contribution in [0.15, 0.2) is 0 Å². The molecule has 3 aliphatic rings. The maximum atomic E-state index is 5.27. The van der Waals surface area contributed by atoms with Crippen LogP contribution in [-0.2, 0) is 0 Å². The van der Waals surface area contributed by atoms with Crippen molar-refractivity contribution in [3.05, 3.63) is 0 Å². The van der Waals surface area contributed by atoms with E-state index in [-0.39, 0.29) is 0 Å². The van der Waals surface area contributed by atoms with Gasteiger partial charge in [0, 0.05) is 12.5 Å². The second-order valence-electron chi connectivity index (χ2n) is 6.38. The summed E-state index contributed by atoms with van der Waals surface area (Å²) in [6.45, 7) is 1.19. The van der Waals surface area contributed by atoms with Crippen molar-refractivity contribution in [2.75, 3.05) is 6.54 Å². The van der Waals surface area contributed by atoms with Gasteiger partial charge in [-0.3, -0.25) is 0 Å². The van der Waals surface area contributed by atoms with Crippen molar-refractivity contribution in [2.45, 2.75) is 57.4 Å². The van der Waals surface area contributed by atoms with Crippen molar-refractivity contribution in [3.63, 3.8) is 0 Å². The van der Waals surface area contributed by atoms with E-state index in [1.165, 1.54) is 45.1 Å². The van der Waals surface area contributed by atoms with Crippen molar-refractivity contribution in [1.82, 2.24) is 5.32 Å². The first kappa shape index (κ1) is 11.6. The van der Waals surface area contributed by atoms with Gasteiger partial charge in [0.2, 0.25) is 0 Å². The van der Waals surface area contributed by atoms with Crippen LogP contribution in [0.1, 0.15) is 51.4 Å². The van der Waals surface area contributed by atoms with E-state index in [9.17, 15) is 0 Å². The van der Waals surface area contributed by atoms with E-state index >= 15 is 0 Å². The van der Waals surface area contributed by atoms with Crippen LogP contribution in [0.25, 0.3) is 0 Å². The molecule has 5 atom stereocenters. The van der Waals surface area contributed by atoms with Gasteiger partial charge in [-0.25, -0.2) is 0 Å². The van der Waals surface area contributed by atoms with Gasteiger partial charge in [0.25, 0.3) is 0 Å². The van der Waals surface area contributed by atoms with Gasteiger partial charge in [0.15, 0.2) is 0 Å². The molecular weight excluding hydrogens is 206 g/mol. The Morgan fingerprint density at radius 3 is 2.82 bits per heavy atom. The molecule has 0 heterocycles. The van der Waals surface area contributed by atoms with E-state index in [2.05, 4.69) is 11.2 Å². The Bertz CT molecular complexity index is 303. The van der Waals surface area contributed by atoms with E-state index in [1.54, 1.807) is 6.42 Å². The van der Waals surface area contributed by atoms with Gasteiger partial charge in [-0.2, -0.15) is 0 Å². The third kappa shape index (κ3) is 2.13. The number of rotatable bonds is 5. The lowest BCUT2D eigenvalue weighted by atomic mass is 9.79. The van der Waals surface area contributed by atoms with Crippen molar-refractivity contribution in [1.29, 1.82) is 0 Å². The fraction of sp³-hybridized carbons (Fsp3) is 0.875. The second kappa shape index (κ2) is 5.02. The third-order valence-electron chi connectivity index (χ3n) is 5.58. The van der Waals surface area contributed by atoms with Crippen molar-refractivity contribution < 1.29 is 0 Å². The van der Waals surface area contributed by atoms with Crippen molar-refractivity contribution in [2.24, 2.45) is 23.7 Å². The highest BCUT2D eigenvalue weighted by molar-refractivity contribution is 5.05. The van der Waals surface area contributed by atoms with Gasteiger partial charge >= 0.3 is 0 Å². The summed E-state index contributed by atoms with van der Waals surface area (Å²) in [7, 11) is 0. The zero-order valence-corrected chi connectivity index (χ0v) is 10.8. The van der Waals surface area contributed by atoms with Crippen LogP contribution in [0, 0.1) is 36.0 Å². The Labute approximate surface area is 106 Å². The minimum absolute atomic E-state index is 0.852. The van der Waals surface area contributed by atoms with Crippen LogP contribution in [0.3, 0.4) is 0 Å². The topological polar surface area (TPSA) is 12.0 Å². The highest BCUT2D eigenvalue weighted by Gasteiger charge is 2.53. The lowest BCUT2D eigenvalue weighted by Gasteiger charge is -2.32. The van der Waals surface area contributed by atoms with Gasteiger partial charge in [-0.05, 0) is 68.7 Å². The molecule has 17 heavy (non-hydrogen) atoms. The van der Waals surface area contributed by atoms with Gasteiger partial charge in [0.05, 0.1) is 0 Å². The molecule has 1 N–H and O–H groups in total. The van der Waals surface area contributed by atoms with Crippen molar-refractivity contribution >= 4 is 0 Å². The zero-order chi connectivity index (χ0) is 11.7. The molecule has 2 bridgehead atoms. The summed E-state index contributed by atoms with van der Waals surface area (Å²) in [5.74, 6) is 7.05. The second-order valence-corrected chi connectivity index (χ2v) is 6.38. The smallest absolute Gasteiger partial charge is 0.0101 e. The summed E-state index contributed by atoms with van der Waals surface area (Å²) in [6, 6.07) is 0.852. The summed E-state index contributed by atoms with van der Waals surface area (Å²) < 4.78 is 0. The zero-order valence-electron chi connectivity index (χ0n) is 10.8. The molecule has 3 rings (SSSR count). The molecule has 0 aromatic heterocycles. The third-order valence-corrected chi connectivity index (χ3v) is 5.58. The Morgan fingerprint density at radius 2 is 1.94 bits per heavy atom. The van der Waals surface area contributed by atoms with Crippen LogP contribution < -0.4 is 5.32 Å². The number of nitrogens with one attached hydrogen (secondary N) is 1. The highest BCUT2D eigenvalue weighted by Crippen LogP contribution is 2.58. The first-order valence-corrected chi connectivity index (χ1v) is 7.57. The standard InChI is InChI=1S/C16H25N/c1-2-3-4-5-9-17-16-11-12-10-15(16)14-8-6-7-13(12)14/h1,12-17H,3-11H2. The van der Waals surface area contributed by atoms with Crippen LogP contribution in [0.5, 0.6) is 0 Å². The first-order valence-electron chi connectivity index (χ1n) is 7.57. The molecule has 1 heteroatoms. The van der Waals surface area contributed by atoms with E-state index < -0.39 is 0 Å². The largest absolute Gasteiger partial charge is 0.314 e. The minimum atomic E-state index is 0.852. The monoisotopic (exact) mass is 231 g/mol. The highest BCUT2D eigenvalue weighted by atomic mass is 14.9. The Kier molecular flexibility index (Phi) is 3.43. The number of unbranched alkanes of at least 4 members (excludes halogenated alkanes) is 2. The molecule has 5 unspecified atom stereocenters. The van der Waals surface area contributed by atoms with Crippen LogP contribution in [-0.4, -0.2) is 12.6 Å². The van der Waals surface area contributed by atoms with E-state index in [0.717, 1.165) is 36.1 Å². The number of fused-ring (bicyclic) bond motifs is 5. The Hall–Kier alpha value is -0.480. The van der Waals surface area contributed by atoms with E-state index in [1.807, 2.05) is 0 Å². The molecule has 0 aliphatic heterocycles. The maximum absolute atomic E-state index is 5.27. The molecule has 1 nitrogen and oxygen atoms in total. The van der Waals surface area contributed by atoms with Gasteiger partial charge < -0.3 is 5.32 Å². The summed E-state index contributed by atoms with van der Waals surface area (Å²) >= 11 is 0. The molecule has 94 valence electrons. The molecule has 0 aromatic rings. The van der Waals surface area contributed by atoms with Crippen LogP contribution >= 0.6 is 0 Å². The predicted molar refractivity (Wildman–Crippen MR) is 71.5 cm³/mol.